The number of benzene rings is 1. The summed E-state index contributed by atoms with van der Waals surface area (Å²) in [6.07, 6.45) is 3.87. The Bertz CT molecular complexity index is 560. The summed E-state index contributed by atoms with van der Waals surface area (Å²) in [5.74, 6) is 0.833. The summed E-state index contributed by atoms with van der Waals surface area (Å²) in [7, 11) is 0. The lowest BCUT2D eigenvalue weighted by Gasteiger charge is -2.12. The number of ether oxygens (including phenoxy) is 1. The molecule has 0 amide bonds. The largest absolute Gasteiger partial charge is 0.493 e. The van der Waals surface area contributed by atoms with Gasteiger partial charge in [0.25, 0.3) is 0 Å². The number of aromatic nitrogens is 1. The van der Waals surface area contributed by atoms with Gasteiger partial charge in [-0.05, 0) is 36.2 Å². The van der Waals surface area contributed by atoms with Gasteiger partial charge in [0.05, 0.1) is 17.7 Å². The number of aliphatic hydroxyl groups is 1. The fourth-order valence-electron chi connectivity index (χ4n) is 1.94. The fraction of sp³-hybridized carbons (Fsp3) is 0.312. The van der Waals surface area contributed by atoms with E-state index in [4.69, 9.17) is 16.3 Å². The van der Waals surface area contributed by atoms with Crippen LogP contribution in [0.1, 0.15) is 17.5 Å². The quantitative estimate of drug-likeness (QED) is 0.887. The maximum absolute atomic E-state index is 10.0. The number of aliphatic hydroxyl groups excluding tert-OH is 1. The van der Waals surface area contributed by atoms with Crippen molar-refractivity contribution in [3.8, 4) is 5.75 Å². The second-order valence-corrected chi connectivity index (χ2v) is 5.19. The van der Waals surface area contributed by atoms with Gasteiger partial charge in [0.1, 0.15) is 5.75 Å². The number of hydrogen-bond donors (Lipinski definition) is 1. The van der Waals surface area contributed by atoms with E-state index in [0.717, 1.165) is 16.9 Å². The minimum atomic E-state index is -0.472. The van der Waals surface area contributed by atoms with Gasteiger partial charge in [0.2, 0.25) is 0 Å². The van der Waals surface area contributed by atoms with Crippen molar-refractivity contribution in [2.75, 3.05) is 6.61 Å². The molecule has 1 unspecified atom stereocenters. The zero-order valence-electron chi connectivity index (χ0n) is 11.4. The van der Waals surface area contributed by atoms with E-state index in [0.29, 0.717) is 24.5 Å². The molecule has 2 rings (SSSR count). The zero-order valence-corrected chi connectivity index (χ0v) is 12.2. The van der Waals surface area contributed by atoms with Crippen molar-refractivity contribution in [1.82, 2.24) is 4.98 Å². The predicted molar refractivity (Wildman–Crippen MR) is 80.2 cm³/mol. The highest BCUT2D eigenvalue weighted by Gasteiger charge is 2.08. The third-order valence-electron chi connectivity index (χ3n) is 3.02. The Hall–Kier alpha value is -1.58. The van der Waals surface area contributed by atoms with Gasteiger partial charge in [-0.25, -0.2) is 0 Å². The molecule has 0 spiro atoms. The van der Waals surface area contributed by atoms with Crippen LogP contribution in [-0.2, 0) is 6.42 Å². The van der Waals surface area contributed by atoms with Crippen LogP contribution in [0, 0.1) is 6.92 Å². The van der Waals surface area contributed by atoms with Crippen LogP contribution in [0.15, 0.2) is 42.7 Å². The summed E-state index contributed by atoms with van der Waals surface area (Å²) in [4.78, 5) is 3.92. The number of rotatable bonds is 6. The predicted octanol–water partition coefficient (Wildman–Crippen LogP) is 3.42. The Morgan fingerprint density at radius 1 is 1.35 bits per heavy atom. The van der Waals surface area contributed by atoms with Crippen LogP contribution in [0.2, 0.25) is 5.02 Å². The number of halogens is 1. The molecular weight excluding hydrogens is 274 g/mol. The SMILES string of the molecule is Cc1cccc(OCCC(O)Cc2ccncc2Cl)c1. The lowest BCUT2D eigenvalue weighted by molar-refractivity contribution is 0.139. The second kappa shape index (κ2) is 7.27. The van der Waals surface area contributed by atoms with E-state index in [1.165, 1.54) is 0 Å². The first kappa shape index (κ1) is 14.8. The van der Waals surface area contributed by atoms with Crippen LogP contribution in [-0.4, -0.2) is 22.8 Å². The highest BCUT2D eigenvalue weighted by atomic mass is 35.5. The van der Waals surface area contributed by atoms with Crippen molar-refractivity contribution in [2.24, 2.45) is 0 Å². The van der Waals surface area contributed by atoms with E-state index in [-0.39, 0.29) is 0 Å². The van der Waals surface area contributed by atoms with Crippen LogP contribution in [0.4, 0.5) is 0 Å². The minimum absolute atomic E-state index is 0.472. The van der Waals surface area contributed by atoms with Crippen LogP contribution >= 0.6 is 11.6 Å². The molecule has 0 radical (unpaired) electrons. The zero-order chi connectivity index (χ0) is 14.4. The first-order chi connectivity index (χ1) is 9.65. The van der Waals surface area contributed by atoms with Crippen LogP contribution in [0.3, 0.4) is 0 Å². The third kappa shape index (κ3) is 4.51. The van der Waals surface area contributed by atoms with E-state index < -0.39 is 6.10 Å². The Morgan fingerprint density at radius 2 is 2.20 bits per heavy atom. The fourth-order valence-corrected chi connectivity index (χ4v) is 2.14. The monoisotopic (exact) mass is 291 g/mol. The summed E-state index contributed by atoms with van der Waals surface area (Å²) >= 11 is 6.01. The molecule has 106 valence electrons. The molecular formula is C16H18ClNO2. The molecule has 1 atom stereocenters. The van der Waals surface area contributed by atoms with Crippen molar-refractivity contribution in [3.63, 3.8) is 0 Å². The molecule has 0 aliphatic heterocycles. The molecule has 0 aliphatic rings. The summed E-state index contributed by atoms with van der Waals surface area (Å²) < 4.78 is 5.62. The molecule has 1 aromatic heterocycles. The summed E-state index contributed by atoms with van der Waals surface area (Å²) in [6.45, 7) is 2.50. The molecule has 0 saturated heterocycles. The van der Waals surface area contributed by atoms with Gasteiger partial charge in [-0.15, -0.1) is 0 Å². The minimum Gasteiger partial charge on any atom is -0.493 e. The van der Waals surface area contributed by atoms with Gasteiger partial charge in [-0.2, -0.15) is 0 Å². The van der Waals surface area contributed by atoms with Gasteiger partial charge >= 0.3 is 0 Å². The van der Waals surface area contributed by atoms with Crippen molar-refractivity contribution in [3.05, 3.63) is 58.9 Å². The Kier molecular flexibility index (Phi) is 5.39. The number of pyridine rings is 1. The average molecular weight is 292 g/mol. The van der Waals surface area contributed by atoms with Crippen LogP contribution < -0.4 is 4.74 Å². The van der Waals surface area contributed by atoms with Gasteiger partial charge in [0.15, 0.2) is 0 Å². The molecule has 1 heterocycles. The molecule has 3 nitrogen and oxygen atoms in total. The molecule has 20 heavy (non-hydrogen) atoms. The normalized spacial score (nSPS) is 12.2. The number of hydrogen-bond acceptors (Lipinski definition) is 3. The van der Waals surface area contributed by atoms with E-state index in [2.05, 4.69) is 4.98 Å². The van der Waals surface area contributed by atoms with Crippen molar-refractivity contribution < 1.29 is 9.84 Å². The van der Waals surface area contributed by atoms with E-state index in [1.807, 2.05) is 37.3 Å². The Balaban J connectivity index is 1.78. The lowest BCUT2D eigenvalue weighted by Crippen LogP contribution is -2.15. The highest BCUT2D eigenvalue weighted by Crippen LogP contribution is 2.17. The molecule has 0 fully saturated rings. The van der Waals surface area contributed by atoms with E-state index >= 15 is 0 Å². The maximum Gasteiger partial charge on any atom is 0.119 e. The van der Waals surface area contributed by atoms with E-state index in [9.17, 15) is 5.11 Å². The maximum atomic E-state index is 10.0. The number of nitrogens with zero attached hydrogens (tertiary/aromatic N) is 1. The van der Waals surface area contributed by atoms with Gasteiger partial charge in [-0.1, -0.05) is 23.7 Å². The molecule has 0 aliphatic carbocycles. The molecule has 2 aromatic rings. The standard InChI is InChI=1S/C16H18ClNO2/c1-12-3-2-4-15(9-12)20-8-6-14(19)10-13-5-7-18-11-16(13)17/h2-5,7,9,11,14,19H,6,8,10H2,1H3. The molecule has 0 bridgehead atoms. The molecule has 4 heteroatoms. The smallest absolute Gasteiger partial charge is 0.119 e. The first-order valence-electron chi connectivity index (χ1n) is 6.61. The van der Waals surface area contributed by atoms with Crippen molar-refractivity contribution >= 4 is 11.6 Å². The molecule has 0 saturated carbocycles. The third-order valence-corrected chi connectivity index (χ3v) is 3.36. The van der Waals surface area contributed by atoms with E-state index in [1.54, 1.807) is 12.4 Å². The van der Waals surface area contributed by atoms with Crippen molar-refractivity contribution in [2.45, 2.75) is 25.9 Å². The number of aryl methyl sites for hydroxylation is 1. The molecule has 1 N–H and O–H groups in total. The highest BCUT2D eigenvalue weighted by molar-refractivity contribution is 6.31. The molecule has 1 aromatic carbocycles. The summed E-state index contributed by atoms with van der Waals surface area (Å²) in [5, 5.41) is 10.6. The van der Waals surface area contributed by atoms with Gasteiger partial charge < -0.3 is 9.84 Å². The topological polar surface area (TPSA) is 42.4 Å². The lowest BCUT2D eigenvalue weighted by atomic mass is 10.1. The van der Waals surface area contributed by atoms with Gasteiger partial charge in [-0.3, -0.25) is 4.98 Å². The second-order valence-electron chi connectivity index (χ2n) is 4.78. The Morgan fingerprint density at radius 3 is 2.95 bits per heavy atom. The Labute approximate surface area is 124 Å². The summed E-state index contributed by atoms with van der Waals surface area (Å²) in [5.41, 5.74) is 2.07. The average Bonchev–Trinajstić information content (AvgIpc) is 2.41. The van der Waals surface area contributed by atoms with Gasteiger partial charge in [0, 0.05) is 25.2 Å². The summed E-state index contributed by atoms with van der Waals surface area (Å²) in [6, 6.07) is 9.70. The van der Waals surface area contributed by atoms with Crippen LogP contribution in [0.5, 0.6) is 5.75 Å². The van der Waals surface area contributed by atoms with Crippen molar-refractivity contribution in [1.29, 1.82) is 0 Å². The van der Waals surface area contributed by atoms with Crippen LogP contribution in [0.25, 0.3) is 0 Å². The first-order valence-corrected chi connectivity index (χ1v) is 6.99.